The van der Waals surface area contributed by atoms with Crippen molar-refractivity contribution in [3.05, 3.63) is 60.0 Å². The van der Waals surface area contributed by atoms with Crippen LogP contribution in [0.25, 0.3) is 0 Å². The Bertz CT molecular complexity index is 625. The molecular weight excluding hydrogens is 245 g/mol. The van der Waals surface area contributed by atoms with Crippen molar-refractivity contribution in [2.24, 2.45) is 5.10 Å². The number of amides is 1. The number of rotatable bonds is 2. The predicted molar refractivity (Wildman–Crippen MR) is 69.4 cm³/mol. The van der Waals surface area contributed by atoms with Gasteiger partial charge in [-0.2, -0.15) is 10.1 Å². The lowest BCUT2D eigenvalue weighted by Gasteiger charge is -2.12. The van der Waals surface area contributed by atoms with E-state index in [1.54, 1.807) is 42.7 Å². The molecule has 3 rings (SSSR count). The number of carbonyl (C=O) groups is 1. The molecule has 1 aliphatic heterocycles. The zero-order valence-electron chi connectivity index (χ0n) is 9.90. The molecule has 0 saturated heterocycles. The van der Waals surface area contributed by atoms with Crippen LogP contribution in [0.3, 0.4) is 0 Å². The van der Waals surface area contributed by atoms with E-state index >= 15 is 0 Å². The van der Waals surface area contributed by atoms with E-state index in [0.29, 0.717) is 11.4 Å². The van der Waals surface area contributed by atoms with Gasteiger partial charge in [0.15, 0.2) is 5.82 Å². The predicted octanol–water partition coefficient (Wildman–Crippen LogP) is 2.34. The molecule has 0 bridgehead atoms. The van der Waals surface area contributed by atoms with E-state index < -0.39 is 5.92 Å². The third-order valence-corrected chi connectivity index (χ3v) is 2.90. The first-order valence-electron chi connectivity index (χ1n) is 5.80. The van der Waals surface area contributed by atoms with Crippen LogP contribution in [0.4, 0.5) is 10.2 Å². The summed E-state index contributed by atoms with van der Waals surface area (Å²) >= 11 is 0. The number of benzene rings is 1. The number of pyridine rings is 1. The van der Waals surface area contributed by atoms with Crippen molar-refractivity contribution >= 4 is 17.9 Å². The number of carbonyl (C=O) groups excluding carboxylic acids is 1. The Morgan fingerprint density at radius 3 is 2.58 bits per heavy atom. The summed E-state index contributed by atoms with van der Waals surface area (Å²) in [5.41, 5.74) is 0.716. The van der Waals surface area contributed by atoms with Crippen LogP contribution in [0.15, 0.2) is 53.8 Å². The lowest BCUT2D eigenvalue weighted by molar-refractivity contribution is -0.118. The van der Waals surface area contributed by atoms with E-state index in [1.165, 1.54) is 17.1 Å². The molecule has 0 radical (unpaired) electrons. The molecule has 0 spiro atoms. The highest BCUT2D eigenvalue weighted by Crippen LogP contribution is 2.25. The number of nitrogens with zero attached hydrogens (tertiary/aromatic N) is 3. The summed E-state index contributed by atoms with van der Waals surface area (Å²) in [6.45, 7) is 0. The lowest BCUT2D eigenvalue weighted by Crippen LogP contribution is -2.25. The zero-order chi connectivity index (χ0) is 13.2. The Balaban J connectivity index is 1.87. The summed E-state index contributed by atoms with van der Waals surface area (Å²) in [7, 11) is 0. The third kappa shape index (κ3) is 2.10. The smallest absolute Gasteiger partial charge is 0.261 e. The second-order valence-corrected chi connectivity index (χ2v) is 4.13. The molecule has 2 heterocycles. The number of halogens is 1. The minimum atomic E-state index is -0.484. The topological polar surface area (TPSA) is 45.6 Å². The van der Waals surface area contributed by atoms with Crippen LogP contribution in [-0.2, 0) is 4.79 Å². The number of aromatic nitrogens is 1. The SMILES string of the molecule is O=C1C(c2ccc(F)cc2)C=NN1c1ccccn1. The van der Waals surface area contributed by atoms with Gasteiger partial charge >= 0.3 is 0 Å². The van der Waals surface area contributed by atoms with Crippen LogP contribution < -0.4 is 5.01 Å². The van der Waals surface area contributed by atoms with Crippen LogP contribution in [-0.4, -0.2) is 17.1 Å². The number of hydrazone groups is 1. The van der Waals surface area contributed by atoms with Crippen molar-refractivity contribution in [3.63, 3.8) is 0 Å². The van der Waals surface area contributed by atoms with Crippen molar-refractivity contribution in [1.29, 1.82) is 0 Å². The maximum absolute atomic E-state index is 12.9. The van der Waals surface area contributed by atoms with Gasteiger partial charge in [0.2, 0.25) is 0 Å². The Kier molecular flexibility index (Phi) is 2.79. The summed E-state index contributed by atoms with van der Waals surface area (Å²) in [5.74, 6) is -0.519. The van der Waals surface area contributed by atoms with Gasteiger partial charge in [-0.3, -0.25) is 4.79 Å². The van der Waals surface area contributed by atoms with Gasteiger partial charge < -0.3 is 0 Å². The van der Waals surface area contributed by atoms with Crippen LogP contribution in [0.5, 0.6) is 0 Å². The van der Waals surface area contributed by atoms with Crippen LogP contribution >= 0.6 is 0 Å². The lowest BCUT2D eigenvalue weighted by atomic mass is 10.0. The van der Waals surface area contributed by atoms with Gasteiger partial charge in [-0.05, 0) is 29.8 Å². The molecule has 19 heavy (non-hydrogen) atoms. The fraction of sp³-hybridized carbons (Fsp3) is 0.0714. The van der Waals surface area contributed by atoms with E-state index in [2.05, 4.69) is 10.1 Å². The molecular formula is C14H10FN3O. The van der Waals surface area contributed by atoms with E-state index in [4.69, 9.17) is 0 Å². The fourth-order valence-electron chi connectivity index (χ4n) is 1.94. The minimum Gasteiger partial charge on any atom is -0.271 e. The van der Waals surface area contributed by atoms with Gasteiger partial charge in [-0.25, -0.2) is 9.37 Å². The van der Waals surface area contributed by atoms with Crippen molar-refractivity contribution < 1.29 is 9.18 Å². The Hall–Kier alpha value is -2.56. The number of hydrogen-bond acceptors (Lipinski definition) is 3. The quantitative estimate of drug-likeness (QED) is 0.826. The van der Waals surface area contributed by atoms with Gasteiger partial charge in [-0.1, -0.05) is 18.2 Å². The van der Waals surface area contributed by atoms with Gasteiger partial charge in [0.05, 0.1) is 0 Å². The second kappa shape index (κ2) is 4.61. The normalized spacial score (nSPS) is 18.1. The molecule has 2 aromatic rings. The van der Waals surface area contributed by atoms with E-state index in [0.717, 1.165) is 0 Å². The molecule has 4 nitrogen and oxygen atoms in total. The molecule has 0 saturated carbocycles. The first kappa shape index (κ1) is 11.5. The standard InChI is InChI=1S/C14H10FN3O/c15-11-6-4-10(5-7-11)12-9-17-18(14(12)19)13-3-1-2-8-16-13/h1-9,12H. The summed E-state index contributed by atoms with van der Waals surface area (Å²) < 4.78 is 12.9. The van der Waals surface area contributed by atoms with E-state index in [1.807, 2.05) is 0 Å². The fourth-order valence-corrected chi connectivity index (χ4v) is 1.94. The van der Waals surface area contributed by atoms with Crippen molar-refractivity contribution in [2.45, 2.75) is 5.92 Å². The van der Waals surface area contributed by atoms with Gasteiger partial charge in [-0.15, -0.1) is 0 Å². The molecule has 0 N–H and O–H groups in total. The van der Waals surface area contributed by atoms with Gasteiger partial charge in [0.25, 0.3) is 5.91 Å². The number of hydrogen-bond donors (Lipinski definition) is 0. The first-order chi connectivity index (χ1) is 9.25. The maximum atomic E-state index is 12.9. The van der Waals surface area contributed by atoms with Gasteiger partial charge in [0.1, 0.15) is 11.7 Å². The average molecular weight is 255 g/mol. The van der Waals surface area contributed by atoms with Crippen LogP contribution in [0, 0.1) is 5.82 Å². The summed E-state index contributed by atoms with van der Waals surface area (Å²) in [6, 6.07) is 11.1. The number of anilines is 1. The molecule has 1 atom stereocenters. The first-order valence-corrected chi connectivity index (χ1v) is 5.80. The van der Waals surface area contributed by atoms with E-state index in [9.17, 15) is 9.18 Å². The van der Waals surface area contributed by atoms with E-state index in [-0.39, 0.29) is 11.7 Å². The van der Waals surface area contributed by atoms with Crippen LogP contribution in [0.2, 0.25) is 0 Å². The maximum Gasteiger partial charge on any atom is 0.261 e. The molecule has 0 aliphatic carbocycles. The van der Waals surface area contributed by atoms with Crippen molar-refractivity contribution in [1.82, 2.24) is 4.98 Å². The van der Waals surface area contributed by atoms with Crippen LogP contribution in [0.1, 0.15) is 11.5 Å². The molecule has 1 aromatic heterocycles. The molecule has 1 unspecified atom stereocenters. The summed E-state index contributed by atoms with van der Waals surface area (Å²) in [6.07, 6.45) is 3.15. The average Bonchev–Trinajstić information content (AvgIpc) is 2.83. The largest absolute Gasteiger partial charge is 0.271 e. The van der Waals surface area contributed by atoms with Crippen molar-refractivity contribution in [3.8, 4) is 0 Å². The van der Waals surface area contributed by atoms with Crippen molar-refractivity contribution in [2.75, 3.05) is 5.01 Å². The molecule has 1 aromatic carbocycles. The summed E-state index contributed by atoms with van der Waals surface area (Å²) in [4.78, 5) is 16.3. The molecule has 94 valence electrons. The summed E-state index contributed by atoms with van der Waals surface area (Å²) in [5, 5.41) is 5.33. The molecule has 0 fully saturated rings. The highest BCUT2D eigenvalue weighted by molar-refractivity contribution is 6.11. The Morgan fingerprint density at radius 2 is 1.89 bits per heavy atom. The molecule has 5 heteroatoms. The Labute approximate surface area is 109 Å². The highest BCUT2D eigenvalue weighted by atomic mass is 19.1. The molecule has 1 aliphatic rings. The minimum absolute atomic E-state index is 0.190. The zero-order valence-corrected chi connectivity index (χ0v) is 9.90. The Morgan fingerprint density at radius 1 is 1.11 bits per heavy atom. The second-order valence-electron chi connectivity index (χ2n) is 4.13. The van der Waals surface area contributed by atoms with Gasteiger partial charge in [0, 0.05) is 12.4 Å². The molecule has 1 amide bonds. The third-order valence-electron chi connectivity index (χ3n) is 2.90. The highest BCUT2D eigenvalue weighted by Gasteiger charge is 2.31. The monoisotopic (exact) mass is 255 g/mol.